The molecule has 0 aliphatic heterocycles. The Balaban J connectivity index is 2.83. The molecule has 0 saturated heterocycles. The molecule has 4 N–H and O–H groups in total. The zero-order valence-corrected chi connectivity index (χ0v) is 22.2. The Kier molecular flexibility index (Phi) is 12.5. The number of hydrogen-bond acceptors (Lipinski definition) is 8. The minimum absolute atomic E-state index is 0.0123. The van der Waals surface area contributed by atoms with E-state index in [0.717, 1.165) is 25.7 Å². The van der Waals surface area contributed by atoms with Crippen LogP contribution in [-0.4, -0.2) is 59.9 Å². The van der Waals surface area contributed by atoms with Crippen LogP contribution in [0.2, 0.25) is 0 Å². The number of carbonyl (C=O) groups is 4. The maximum absolute atomic E-state index is 12.8. The molecule has 2 atom stereocenters. The largest absolute Gasteiger partial charge is 0.461 e. The Bertz CT molecular complexity index is 707. The predicted octanol–water partition coefficient (Wildman–Crippen LogP) is 3.10. The van der Waals surface area contributed by atoms with Crippen molar-refractivity contribution in [3.8, 4) is 0 Å². The number of urea groups is 1. The van der Waals surface area contributed by atoms with Crippen LogP contribution in [0.5, 0.6) is 0 Å². The highest BCUT2D eigenvalue weighted by molar-refractivity contribution is 5.87. The quantitative estimate of drug-likeness (QED) is 0.211. The number of esters is 3. The summed E-state index contributed by atoms with van der Waals surface area (Å²) in [5, 5.41) is 5.20. The van der Waals surface area contributed by atoms with Gasteiger partial charge < -0.3 is 30.6 Å². The molecule has 0 unspecified atom stereocenters. The van der Waals surface area contributed by atoms with Crippen LogP contribution in [0, 0.1) is 0 Å². The van der Waals surface area contributed by atoms with E-state index in [1.165, 1.54) is 0 Å². The normalized spacial score (nSPS) is 16.2. The number of nitrogens with two attached hydrogens (primary N) is 1. The second kappa shape index (κ2) is 14.3. The van der Waals surface area contributed by atoms with Crippen molar-refractivity contribution in [1.29, 1.82) is 0 Å². The molecule has 10 nitrogen and oxygen atoms in total. The average molecular weight is 500 g/mol. The summed E-state index contributed by atoms with van der Waals surface area (Å²) in [7, 11) is 0. The summed E-state index contributed by atoms with van der Waals surface area (Å²) in [6.45, 7) is 10.8. The minimum Gasteiger partial charge on any atom is -0.461 e. The Morgan fingerprint density at radius 1 is 0.829 bits per heavy atom. The summed E-state index contributed by atoms with van der Waals surface area (Å²) in [5.41, 5.74) is 4.12. The number of unbranched alkanes of at least 4 members (excludes halogenated alkanes) is 1. The Hall–Kier alpha value is -2.36. The standard InChI is InChI=1S/C25H45N3O7/c1-24(2,3)34-20(29)15-14-19(22(31)35-25(4,5)6)28-23(32)27-18(13-9-10-16-26)21(30)33-17-11-7-8-12-17/h17-19H,7-16,26H2,1-6H3,(H2,27,28,32)/t18-,19-/m0/s1. The number of carbonyl (C=O) groups excluding carboxylic acids is 4. The van der Waals surface area contributed by atoms with Gasteiger partial charge in [0.25, 0.3) is 0 Å². The van der Waals surface area contributed by atoms with E-state index in [1.807, 2.05) is 0 Å². The van der Waals surface area contributed by atoms with E-state index in [9.17, 15) is 19.2 Å². The van der Waals surface area contributed by atoms with Crippen molar-refractivity contribution in [3.63, 3.8) is 0 Å². The van der Waals surface area contributed by atoms with E-state index in [2.05, 4.69) is 10.6 Å². The van der Waals surface area contributed by atoms with E-state index in [4.69, 9.17) is 19.9 Å². The van der Waals surface area contributed by atoms with Gasteiger partial charge in [-0.2, -0.15) is 0 Å². The van der Waals surface area contributed by atoms with Crippen molar-refractivity contribution >= 4 is 23.9 Å². The third kappa shape index (κ3) is 13.9. The van der Waals surface area contributed by atoms with Gasteiger partial charge in [-0.15, -0.1) is 0 Å². The highest BCUT2D eigenvalue weighted by Crippen LogP contribution is 2.22. The molecular formula is C25H45N3O7. The lowest BCUT2D eigenvalue weighted by Crippen LogP contribution is -2.52. The van der Waals surface area contributed by atoms with Gasteiger partial charge in [-0.3, -0.25) is 4.79 Å². The summed E-state index contributed by atoms with van der Waals surface area (Å²) < 4.78 is 16.3. The van der Waals surface area contributed by atoms with Crippen LogP contribution in [0.25, 0.3) is 0 Å². The summed E-state index contributed by atoms with van der Waals surface area (Å²) in [6, 6.07) is -2.68. The SMILES string of the molecule is CC(C)(C)OC(=O)CC[C@H](NC(=O)N[C@@H](CCCCN)C(=O)OC1CCCC1)C(=O)OC(C)(C)C. The zero-order chi connectivity index (χ0) is 26.6. The van der Waals surface area contributed by atoms with Gasteiger partial charge in [0.15, 0.2) is 0 Å². The number of nitrogens with one attached hydrogen (secondary N) is 2. The van der Waals surface area contributed by atoms with Crippen LogP contribution in [0.3, 0.4) is 0 Å². The van der Waals surface area contributed by atoms with E-state index in [1.54, 1.807) is 41.5 Å². The van der Waals surface area contributed by atoms with Crippen LogP contribution < -0.4 is 16.4 Å². The molecule has 1 rings (SSSR count). The van der Waals surface area contributed by atoms with E-state index >= 15 is 0 Å². The van der Waals surface area contributed by atoms with E-state index < -0.39 is 47.2 Å². The first kappa shape index (κ1) is 30.7. The third-order valence-corrected chi connectivity index (χ3v) is 5.18. The molecule has 1 fully saturated rings. The van der Waals surface area contributed by atoms with Gasteiger partial charge in [0, 0.05) is 6.42 Å². The van der Waals surface area contributed by atoms with E-state index in [-0.39, 0.29) is 18.9 Å². The molecule has 0 aromatic carbocycles. The highest BCUT2D eigenvalue weighted by Gasteiger charge is 2.31. The van der Waals surface area contributed by atoms with Crippen molar-refractivity contribution in [3.05, 3.63) is 0 Å². The monoisotopic (exact) mass is 499 g/mol. The van der Waals surface area contributed by atoms with E-state index in [0.29, 0.717) is 25.8 Å². The van der Waals surface area contributed by atoms with Crippen LogP contribution in [-0.2, 0) is 28.6 Å². The maximum atomic E-state index is 12.8. The summed E-state index contributed by atoms with van der Waals surface area (Å²) >= 11 is 0. The highest BCUT2D eigenvalue weighted by atomic mass is 16.6. The summed E-state index contributed by atoms with van der Waals surface area (Å²) in [4.78, 5) is 50.4. The molecule has 1 aliphatic rings. The first-order chi connectivity index (χ1) is 16.2. The fraction of sp³-hybridized carbons (Fsp3) is 0.840. The fourth-order valence-electron chi connectivity index (χ4n) is 3.63. The molecule has 35 heavy (non-hydrogen) atoms. The average Bonchev–Trinajstić information content (AvgIpc) is 3.20. The van der Waals surface area contributed by atoms with Crippen molar-refractivity contribution < 1.29 is 33.4 Å². The molecule has 0 bridgehead atoms. The smallest absolute Gasteiger partial charge is 0.329 e. The van der Waals surface area contributed by atoms with Crippen molar-refractivity contribution in [2.45, 2.75) is 129 Å². The molecule has 0 spiro atoms. The van der Waals surface area contributed by atoms with Crippen LogP contribution in [0.4, 0.5) is 4.79 Å². The predicted molar refractivity (Wildman–Crippen MR) is 131 cm³/mol. The molecule has 0 aromatic rings. The zero-order valence-electron chi connectivity index (χ0n) is 22.2. The molecule has 202 valence electrons. The molecule has 1 aliphatic carbocycles. The molecular weight excluding hydrogens is 454 g/mol. The molecule has 2 amide bonds. The topological polar surface area (TPSA) is 146 Å². The van der Waals surface area contributed by atoms with Crippen LogP contribution in [0.1, 0.15) is 99.3 Å². The lowest BCUT2D eigenvalue weighted by Gasteiger charge is -2.26. The summed E-state index contributed by atoms with van der Waals surface area (Å²) in [6.07, 6.45) is 5.13. The van der Waals surface area contributed by atoms with Gasteiger partial charge in [-0.05, 0) is 99.5 Å². The third-order valence-electron chi connectivity index (χ3n) is 5.18. The minimum atomic E-state index is -1.10. The maximum Gasteiger partial charge on any atom is 0.329 e. The fourth-order valence-corrected chi connectivity index (χ4v) is 3.63. The molecule has 0 heterocycles. The second-order valence-corrected chi connectivity index (χ2v) is 11.0. The van der Waals surface area contributed by atoms with Crippen molar-refractivity contribution in [2.75, 3.05) is 6.54 Å². The number of amides is 2. The van der Waals surface area contributed by atoms with Crippen molar-refractivity contribution in [1.82, 2.24) is 10.6 Å². The van der Waals surface area contributed by atoms with Gasteiger partial charge in [0.05, 0.1) is 0 Å². The number of ether oxygens (including phenoxy) is 3. The Morgan fingerprint density at radius 3 is 1.89 bits per heavy atom. The lowest BCUT2D eigenvalue weighted by molar-refractivity contribution is -0.158. The van der Waals surface area contributed by atoms with Gasteiger partial charge in [-0.25, -0.2) is 14.4 Å². The van der Waals surface area contributed by atoms with Crippen LogP contribution >= 0.6 is 0 Å². The molecule has 0 aromatic heterocycles. The lowest BCUT2D eigenvalue weighted by atomic mass is 10.1. The first-order valence-corrected chi connectivity index (χ1v) is 12.6. The van der Waals surface area contributed by atoms with Gasteiger partial charge in [-0.1, -0.05) is 0 Å². The molecule has 1 saturated carbocycles. The van der Waals surface area contributed by atoms with Gasteiger partial charge >= 0.3 is 23.9 Å². The van der Waals surface area contributed by atoms with Gasteiger partial charge in [0.1, 0.15) is 29.4 Å². The Labute approximate surface area is 209 Å². The van der Waals surface area contributed by atoms with Crippen molar-refractivity contribution in [2.24, 2.45) is 5.73 Å². The Morgan fingerprint density at radius 2 is 1.37 bits per heavy atom. The molecule has 0 radical (unpaired) electrons. The molecule has 10 heteroatoms. The number of rotatable bonds is 12. The van der Waals surface area contributed by atoms with Crippen LogP contribution in [0.15, 0.2) is 0 Å². The number of hydrogen-bond donors (Lipinski definition) is 3. The second-order valence-electron chi connectivity index (χ2n) is 11.0. The van der Waals surface area contributed by atoms with Gasteiger partial charge in [0.2, 0.25) is 0 Å². The summed E-state index contributed by atoms with van der Waals surface area (Å²) in [5.74, 6) is -1.66. The first-order valence-electron chi connectivity index (χ1n) is 12.6.